The number of ether oxygens (including phenoxy) is 1. The molecule has 6 heteroatoms. The number of sulfonamides is 1. The maximum atomic E-state index is 13.8. The first-order chi connectivity index (χ1) is 14.2. The summed E-state index contributed by atoms with van der Waals surface area (Å²) in [5.74, 6) is 0.0868. The van der Waals surface area contributed by atoms with E-state index in [4.69, 9.17) is 4.74 Å². The van der Waals surface area contributed by atoms with Crippen molar-refractivity contribution in [3.05, 3.63) is 65.7 Å². The van der Waals surface area contributed by atoms with Crippen LogP contribution in [0, 0.1) is 12.3 Å². The Labute approximate surface area is 179 Å². The molecule has 1 saturated heterocycles. The lowest BCUT2D eigenvalue weighted by molar-refractivity contribution is -0.145. The number of rotatable bonds is 4. The summed E-state index contributed by atoms with van der Waals surface area (Å²) in [4.78, 5) is 13.2. The van der Waals surface area contributed by atoms with E-state index in [1.807, 2.05) is 51.1 Å². The first kappa shape index (κ1) is 21.2. The van der Waals surface area contributed by atoms with Gasteiger partial charge in [0.05, 0.1) is 16.4 Å². The second-order valence-electron chi connectivity index (χ2n) is 8.76. The lowest BCUT2D eigenvalue weighted by Crippen LogP contribution is -2.52. The van der Waals surface area contributed by atoms with Crippen LogP contribution in [-0.4, -0.2) is 30.8 Å². The fraction of sp³-hybridized carbons (Fsp3) is 0.458. The number of carbonyl (C=O) groups excluding carboxylic acids is 1. The van der Waals surface area contributed by atoms with E-state index in [0.717, 1.165) is 24.0 Å². The molecule has 0 unspecified atom stereocenters. The summed E-state index contributed by atoms with van der Waals surface area (Å²) in [6.07, 6.45) is 1.60. The van der Waals surface area contributed by atoms with Crippen LogP contribution in [0.2, 0.25) is 0 Å². The number of hydrogen-bond donors (Lipinski definition) is 0. The van der Waals surface area contributed by atoms with Gasteiger partial charge in [0, 0.05) is 6.42 Å². The maximum Gasteiger partial charge on any atom is 0.245 e. The van der Waals surface area contributed by atoms with Crippen LogP contribution in [0.5, 0.6) is 0 Å². The van der Waals surface area contributed by atoms with Crippen LogP contribution in [0.4, 0.5) is 0 Å². The molecule has 1 aliphatic heterocycles. The minimum Gasteiger partial charge on any atom is -0.351 e. The standard InChI is InChI=1S/C24H29NO4S/c1-17-12-14-20(15-13-17)30(27,28)25-18(2)22(19-9-5-4-6-10-19)29-23(25)24(3)16-8-7-11-21(24)26/h4-6,9-10,12-15,18,22-23H,7-8,11,16H2,1-3H3/t18-,22+,23-,24-/m0/s1. The number of ketones is 1. The minimum absolute atomic E-state index is 0.0868. The molecule has 5 nitrogen and oxygen atoms in total. The van der Waals surface area contributed by atoms with E-state index in [1.165, 1.54) is 4.31 Å². The van der Waals surface area contributed by atoms with Crippen molar-refractivity contribution < 1.29 is 17.9 Å². The van der Waals surface area contributed by atoms with Crippen LogP contribution in [-0.2, 0) is 19.6 Å². The zero-order valence-corrected chi connectivity index (χ0v) is 18.6. The molecule has 4 atom stereocenters. The van der Waals surface area contributed by atoms with Crippen molar-refractivity contribution in [3.63, 3.8) is 0 Å². The van der Waals surface area contributed by atoms with Crippen molar-refractivity contribution in [2.24, 2.45) is 5.41 Å². The molecule has 0 N–H and O–H groups in total. The molecule has 1 saturated carbocycles. The highest BCUT2D eigenvalue weighted by molar-refractivity contribution is 7.89. The second kappa shape index (κ2) is 7.91. The predicted octanol–water partition coefficient (Wildman–Crippen LogP) is 4.62. The largest absolute Gasteiger partial charge is 0.351 e. The summed E-state index contributed by atoms with van der Waals surface area (Å²) in [5, 5.41) is 0. The van der Waals surface area contributed by atoms with Gasteiger partial charge in [-0.25, -0.2) is 8.42 Å². The number of Topliss-reactive ketones (excluding diaryl/α,β-unsaturated/α-hetero) is 1. The van der Waals surface area contributed by atoms with Crippen molar-refractivity contribution in [1.29, 1.82) is 0 Å². The molecule has 1 aliphatic carbocycles. The molecule has 0 spiro atoms. The van der Waals surface area contributed by atoms with Gasteiger partial charge in [-0.3, -0.25) is 4.79 Å². The van der Waals surface area contributed by atoms with E-state index in [-0.39, 0.29) is 10.7 Å². The van der Waals surface area contributed by atoms with Gasteiger partial charge in [-0.05, 0) is 51.3 Å². The Kier molecular flexibility index (Phi) is 5.60. The molecule has 0 bridgehead atoms. The smallest absolute Gasteiger partial charge is 0.245 e. The molecule has 2 fully saturated rings. The molecule has 160 valence electrons. The Morgan fingerprint density at radius 2 is 1.70 bits per heavy atom. The predicted molar refractivity (Wildman–Crippen MR) is 115 cm³/mol. The van der Waals surface area contributed by atoms with Gasteiger partial charge in [0.2, 0.25) is 10.0 Å². The summed E-state index contributed by atoms with van der Waals surface area (Å²) in [6.45, 7) is 5.67. The average Bonchev–Trinajstić information content (AvgIpc) is 3.10. The highest BCUT2D eigenvalue weighted by Gasteiger charge is 2.57. The zero-order valence-electron chi connectivity index (χ0n) is 17.7. The quantitative estimate of drug-likeness (QED) is 0.714. The van der Waals surface area contributed by atoms with E-state index >= 15 is 0 Å². The highest BCUT2D eigenvalue weighted by Crippen LogP contribution is 2.48. The van der Waals surface area contributed by atoms with Crippen LogP contribution in [0.3, 0.4) is 0 Å². The average molecular weight is 428 g/mol. The third kappa shape index (κ3) is 3.51. The molecule has 30 heavy (non-hydrogen) atoms. The van der Waals surface area contributed by atoms with Gasteiger partial charge in [-0.15, -0.1) is 0 Å². The topological polar surface area (TPSA) is 63.7 Å². The van der Waals surface area contributed by atoms with E-state index < -0.39 is 33.8 Å². The van der Waals surface area contributed by atoms with Gasteiger partial charge in [0.25, 0.3) is 0 Å². The molecule has 2 aliphatic rings. The summed E-state index contributed by atoms with van der Waals surface area (Å²) >= 11 is 0. The van der Waals surface area contributed by atoms with Gasteiger partial charge >= 0.3 is 0 Å². The highest BCUT2D eigenvalue weighted by atomic mass is 32.2. The SMILES string of the molecule is Cc1ccc(S(=O)(=O)N2[C@H]([C@@]3(C)CCCCC3=O)O[C@@H](c3ccccc3)[C@@H]2C)cc1. The Morgan fingerprint density at radius 3 is 2.33 bits per heavy atom. The number of carbonyl (C=O) groups is 1. The van der Waals surface area contributed by atoms with Gasteiger partial charge in [0.1, 0.15) is 18.1 Å². The number of nitrogens with zero attached hydrogens (tertiary/aromatic N) is 1. The molecule has 1 heterocycles. The summed E-state index contributed by atoms with van der Waals surface area (Å²) in [5.41, 5.74) is 1.06. The minimum atomic E-state index is -3.85. The first-order valence-electron chi connectivity index (χ1n) is 10.6. The maximum absolute atomic E-state index is 13.8. The molecule has 0 amide bonds. The van der Waals surface area contributed by atoms with Crippen molar-refractivity contribution in [2.75, 3.05) is 0 Å². The Balaban J connectivity index is 1.81. The van der Waals surface area contributed by atoms with Crippen molar-refractivity contribution in [2.45, 2.75) is 69.7 Å². The molecule has 4 rings (SSSR count). The van der Waals surface area contributed by atoms with Crippen molar-refractivity contribution >= 4 is 15.8 Å². The molecule has 2 aromatic rings. The molecule has 2 aromatic carbocycles. The Hall–Kier alpha value is -2.02. The van der Waals surface area contributed by atoms with Gasteiger partial charge in [0.15, 0.2) is 0 Å². The van der Waals surface area contributed by atoms with Crippen LogP contribution < -0.4 is 0 Å². The van der Waals surface area contributed by atoms with Crippen LogP contribution in [0.15, 0.2) is 59.5 Å². The first-order valence-corrected chi connectivity index (χ1v) is 12.0. The van der Waals surface area contributed by atoms with Crippen LogP contribution in [0.25, 0.3) is 0 Å². The van der Waals surface area contributed by atoms with Gasteiger partial charge in [-0.1, -0.05) is 54.4 Å². The summed E-state index contributed by atoms with van der Waals surface area (Å²) in [6, 6.07) is 16.1. The third-order valence-electron chi connectivity index (χ3n) is 6.60. The fourth-order valence-corrected chi connectivity index (χ4v) is 6.54. The van der Waals surface area contributed by atoms with Crippen LogP contribution in [0.1, 0.15) is 56.8 Å². The van der Waals surface area contributed by atoms with Gasteiger partial charge in [-0.2, -0.15) is 4.31 Å². The molecule has 0 radical (unpaired) electrons. The Morgan fingerprint density at radius 1 is 1.03 bits per heavy atom. The summed E-state index contributed by atoms with van der Waals surface area (Å²) in [7, 11) is -3.85. The second-order valence-corrected chi connectivity index (χ2v) is 10.6. The molecular weight excluding hydrogens is 398 g/mol. The van der Waals surface area contributed by atoms with Crippen molar-refractivity contribution in [1.82, 2.24) is 4.31 Å². The fourth-order valence-electron chi connectivity index (χ4n) is 4.73. The number of benzene rings is 2. The summed E-state index contributed by atoms with van der Waals surface area (Å²) < 4.78 is 35.4. The van der Waals surface area contributed by atoms with E-state index in [9.17, 15) is 13.2 Å². The zero-order chi connectivity index (χ0) is 21.5. The van der Waals surface area contributed by atoms with Crippen LogP contribution >= 0.6 is 0 Å². The van der Waals surface area contributed by atoms with E-state index in [1.54, 1.807) is 24.3 Å². The Bertz CT molecular complexity index is 1020. The molecular formula is C24H29NO4S. The van der Waals surface area contributed by atoms with Crippen molar-refractivity contribution in [3.8, 4) is 0 Å². The molecule has 0 aromatic heterocycles. The number of hydrogen-bond acceptors (Lipinski definition) is 4. The lowest BCUT2D eigenvalue weighted by Gasteiger charge is -2.40. The monoisotopic (exact) mass is 427 g/mol. The van der Waals surface area contributed by atoms with E-state index in [0.29, 0.717) is 12.8 Å². The van der Waals surface area contributed by atoms with E-state index in [2.05, 4.69) is 0 Å². The van der Waals surface area contributed by atoms with Gasteiger partial charge < -0.3 is 4.74 Å². The number of aryl methyl sites for hydroxylation is 1. The normalized spacial score (nSPS) is 30.5. The third-order valence-corrected chi connectivity index (χ3v) is 8.55. The lowest BCUT2D eigenvalue weighted by atomic mass is 9.73.